The van der Waals surface area contributed by atoms with E-state index in [1.54, 1.807) is 23.0 Å². The number of morpholine rings is 2. The SMILES string of the molecule is CC(C)c1ccn(-c2cc(Cl)c3ccc(OCCN4CCOCC4)c(Cl)c3n2)n1.CC(C)c1ccn[nH]1.Clc1cc(Cl)c2ccc(OCCN3CCOCC3)c(Cl)c2n1. The lowest BCUT2D eigenvalue weighted by Gasteiger charge is -2.26. The highest BCUT2D eigenvalue weighted by molar-refractivity contribution is 6.41. The van der Waals surface area contributed by atoms with Gasteiger partial charge in [0.1, 0.15) is 39.9 Å². The van der Waals surface area contributed by atoms with E-state index in [1.165, 1.54) is 5.69 Å². The summed E-state index contributed by atoms with van der Waals surface area (Å²) in [7, 11) is 0. The first-order valence-corrected chi connectivity index (χ1v) is 21.5. The van der Waals surface area contributed by atoms with Gasteiger partial charge >= 0.3 is 0 Å². The van der Waals surface area contributed by atoms with Crippen molar-refractivity contribution < 1.29 is 18.9 Å². The molecule has 4 aromatic heterocycles. The van der Waals surface area contributed by atoms with Crippen LogP contribution in [0.3, 0.4) is 0 Å². The number of fused-ring (bicyclic) bond motifs is 2. The monoisotopic (exact) mass is 904 g/mol. The van der Waals surface area contributed by atoms with Crippen molar-refractivity contribution >= 4 is 79.8 Å². The Morgan fingerprint density at radius 3 is 1.69 bits per heavy atom. The Hall–Kier alpha value is -3.43. The summed E-state index contributed by atoms with van der Waals surface area (Å²) < 4.78 is 24.2. The van der Waals surface area contributed by atoms with E-state index in [1.807, 2.05) is 42.6 Å². The van der Waals surface area contributed by atoms with Crippen molar-refractivity contribution in [1.82, 2.24) is 39.7 Å². The van der Waals surface area contributed by atoms with Gasteiger partial charge in [-0.2, -0.15) is 10.2 Å². The van der Waals surface area contributed by atoms with Crippen LogP contribution in [0.5, 0.6) is 11.5 Å². The van der Waals surface area contributed by atoms with Crippen LogP contribution in [-0.4, -0.2) is 119 Å². The summed E-state index contributed by atoms with van der Waals surface area (Å²) in [5.41, 5.74) is 3.36. The van der Waals surface area contributed by atoms with Gasteiger partial charge in [0, 0.05) is 74.2 Å². The molecule has 0 aliphatic carbocycles. The topological polar surface area (TPSA) is 116 Å². The summed E-state index contributed by atoms with van der Waals surface area (Å²) in [6, 6.07) is 14.8. The summed E-state index contributed by atoms with van der Waals surface area (Å²) in [5.74, 6) is 2.73. The minimum Gasteiger partial charge on any atom is -0.491 e. The maximum Gasteiger partial charge on any atom is 0.155 e. The van der Waals surface area contributed by atoms with Gasteiger partial charge < -0.3 is 18.9 Å². The number of rotatable bonds is 11. The van der Waals surface area contributed by atoms with Gasteiger partial charge in [-0.15, -0.1) is 0 Å². The van der Waals surface area contributed by atoms with Crippen molar-refractivity contribution in [2.24, 2.45) is 0 Å². The number of H-pyrrole nitrogens is 1. The first-order valence-electron chi connectivity index (χ1n) is 19.6. The van der Waals surface area contributed by atoms with Gasteiger partial charge in [0.15, 0.2) is 5.82 Å². The van der Waals surface area contributed by atoms with Gasteiger partial charge in [0.2, 0.25) is 0 Å². The second-order valence-corrected chi connectivity index (χ2v) is 16.5. The zero-order chi connectivity index (χ0) is 41.9. The molecule has 0 amide bonds. The Bertz CT molecular complexity index is 2260. The summed E-state index contributed by atoms with van der Waals surface area (Å²) in [6.07, 6.45) is 3.66. The lowest BCUT2D eigenvalue weighted by molar-refractivity contribution is 0.0322. The molecule has 0 saturated carbocycles. The average molecular weight is 907 g/mol. The van der Waals surface area contributed by atoms with Gasteiger partial charge in [-0.05, 0) is 54.3 Å². The molecule has 6 aromatic rings. The number of nitrogens with one attached hydrogen (secondary N) is 1. The Kier molecular flexibility index (Phi) is 16.7. The van der Waals surface area contributed by atoms with Crippen LogP contribution in [0.15, 0.2) is 60.9 Å². The van der Waals surface area contributed by atoms with Crippen LogP contribution in [0.25, 0.3) is 27.6 Å². The van der Waals surface area contributed by atoms with Crippen molar-refractivity contribution in [2.75, 3.05) is 78.9 Å². The quantitative estimate of drug-likeness (QED) is 0.126. The van der Waals surface area contributed by atoms with Crippen LogP contribution in [0.2, 0.25) is 25.2 Å². The minimum atomic E-state index is 0.310. The second-order valence-electron chi connectivity index (χ2n) is 14.5. The van der Waals surface area contributed by atoms with Crippen LogP contribution in [0.4, 0.5) is 0 Å². The van der Waals surface area contributed by atoms with Gasteiger partial charge in [-0.1, -0.05) is 85.7 Å². The minimum absolute atomic E-state index is 0.310. The predicted octanol–water partition coefficient (Wildman–Crippen LogP) is 10.0. The Morgan fingerprint density at radius 1 is 0.678 bits per heavy atom. The van der Waals surface area contributed by atoms with Crippen molar-refractivity contribution in [3.8, 4) is 17.3 Å². The highest BCUT2D eigenvalue weighted by Gasteiger charge is 2.17. The molecular formula is C42H49Cl5N8O4. The number of halogens is 5. The number of benzene rings is 2. The van der Waals surface area contributed by atoms with Crippen LogP contribution in [0, 0.1) is 0 Å². The molecular weight excluding hydrogens is 858 g/mol. The number of nitrogens with zero attached hydrogens (tertiary/aromatic N) is 7. The molecule has 59 heavy (non-hydrogen) atoms. The number of aromatic nitrogens is 6. The van der Waals surface area contributed by atoms with Crippen LogP contribution < -0.4 is 9.47 Å². The van der Waals surface area contributed by atoms with E-state index in [0.29, 0.717) is 78.6 Å². The molecule has 0 unspecified atom stereocenters. The maximum atomic E-state index is 6.64. The summed E-state index contributed by atoms with van der Waals surface area (Å²) in [5, 5.41) is 15.2. The smallest absolute Gasteiger partial charge is 0.155 e. The standard InChI is InChI=1S/C21H24Cl2N4O2.C15H15Cl3N2O2.C6H10N2/c1-14(2)17-5-6-27(25-17)19-13-16(22)15-3-4-18(20(23)21(15)24-19)29-12-9-26-7-10-28-11-8-26;16-11-9-13(17)19-15-10(11)1-2-12(14(15)18)22-8-5-20-3-6-21-7-4-20;1-5(2)6-3-4-7-8-6/h3-6,13-14H,7-12H2,1-2H3;1-2,9H,3-8H2;3-5H,1-2H3,(H,7,8). The Labute approximate surface area is 369 Å². The number of hydrogen-bond acceptors (Lipinski definition) is 10. The Morgan fingerprint density at radius 2 is 1.22 bits per heavy atom. The highest BCUT2D eigenvalue weighted by atomic mass is 35.5. The molecule has 8 rings (SSSR count). The normalized spacial score (nSPS) is 15.0. The fourth-order valence-corrected chi connectivity index (χ4v) is 7.56. The lowest BCUT2D eigenvalue weighted by Crippen LogP contribution is -2.38. The van der Waals surface area contributed by atoms with Crippen LogP contribution >= 0.6 is 58.0 Å². The molecule has 0 spiro atoms. The second kappa shape index (κ2) is 21.9. The molecule has 2 aliphatic rings. The molecule has 6 heterocycles. The number of ether oxygens (including phenoxy) is 4. The largest absolute Gasteiger partial charge is 0.491 e. The van der Waals surface area contributed by atoms with E-state index in [0.717, 1.165) is 82.2 Å². The fourth-order valence-electron chi connectivity index (χ4n) is 6.28. The Balaban J connectivity index is 0.000000171. The molecule has 2 aliphatic heterocycles. The first kappa shape index (κ1) is 45.1. The van der Waals surface area contributed by atoms with E-state index < -0.39 is 0 Å². The summed E-state index contributed by atoms with van der Waals surface area (Å²) >= 11 is 31.6. The fraction of sp³-hybridized carbons (Fsp3) is 0.429. The molecule has 0 atom stereocenters. The zero-order valence-corrected chi connectivity index (χ0v) is 37.3. The molecule has 0 radical (unpaired) electrons. The summed E-state index contributed by atoms with van der Waals surface area (Å²) in [6.45, 7) is 18.1. The van der Waals surface area contributed by atoms with Crippen LogP contribution in [-0.2, 0) is 9.47 Å². The predicted molar refractivity (Wildman–Crippen MR) is 238 cm³/mol. The van der Waals surface area contributed by atoms with E-state index in [-0.39, 0.29) is 0 Å². The average Bonchev–Trinajstić information content (AvgIpc) is 3.96. The molecule has 2 aromatic carbocycles. The molecule has 2 saturated heterocycles. The molecule has 12 nitrogen and oxygen atoms in total. The van der Waals surface area contributed by atoms with Gasteiger partial charge in [0.25, 0.3) is 0 Å². The first-order chi connectivity index (χ1) is 28.5. The molecule has 0 bridgehead atoms. The number of pyridine rings is 2. The maximum absolute atomic E-state index is 6.64. The third-order valence-electron chi connectivity index (χ3n) is 9.74. The van der Waals surface area contributed by atoms with Gasteiger partial charge in [0.05, 0.1) is 53.2 Å². The van der Waals surface area contributed by atoms with Gasteiger partial charge in [-0.3, -0.25) is 14.9 Å². The molecule has 17 heteroatoms. The number of aromatic amines is 1. The summed E-state index contributed by atoms with van der Waals surface area (Å²) in [4.78, 5) is 13.6. The lowest BCUT2D eigenvalue weighted by atomic mass is 10.1. The molecule has 2 fully saturated rings. The van der Waals surface area contributed by atoms with Crippen LogP contribution in [0.1, 0.15) is 50.9 Å². The molecule has 1 N–H and O–H groups in total. The van der Waals surface area contributed by atoms with Crippen molar-refractivity contribution in [1.29, 1.82) is 0 Å². The van der Waals surface area contributed by atoms with E-state index in [9.17, 15) is 0 Å². The van der Waals surface area contributed by atoms with E-state index in [2.05, 4.69) is 57.8 Å². The third-order valence-corrected chi connectivity index (χ3v) is 11.3. The third kappa shape index (κ3) is 12.3. The van der Waals surface area contributed by atoms with E-state index >= 15 is 0 Å². The van der Waals surface area contributed by atoms with Crippen molar-refractivity contribution in [3.63, 3.8) is 0 Å². The van der Waals surface area contributed by atoms with E-state index in [4.69, 9.17) is 81.9 Å². The van der Waals surface area contributed by atoms with Gasteiger partial charge in [-0.25, -0.2) is 14.6 Å². The highest BCUT2D eigenvalue weighted by Crippen LogP contribution is 2.37. The molecule has 316 valence electrons. The van der Waals surface area contributed by atoms with Crippen molar-refractivity contribution in [3.05, 3.63) is 97.6 Å². The number of hydrogen-bond donors (Lipinski definition) is 1. The zero-order valence-electron chi connectivity index (χ0n) is 33.6. The van der Waals surface area contributed by atoms with Crippen molar-refractivity contribution in [2.45, 2.75) is 39.5 Å².